The Morgan fingerprint density at radius 1 is 0.720 bits per heavy atom. The van der Waals surface area contributed by atoms with E-state index in [2.05, 4.69) is 48.5 Å². The van der Waals surface area contributed by atoms with E-state index in [9.17, 15) is 0 Å². The summed E-state index contributed by atoms with van der Waals surface area (Å²) in [4.78, 5) is 2.50. The van der Waals surface area contributed by atoms with Gasteiger partial charge >= 0.3 is 0 Å². The third-order valence-electron chi connectivity index (χ3n) is 4.87. The molecule has 0 aliphatic rings. The molecule has 0 saturated heterocycles. The van der Waals surface area contributed by atoms with Crippen molar-refractivity contribution < 1.29 is 0 Å². The molecule has 0 aliphatic carbocycles. The molecule has 0 rings (SSSR count). The molecule has 3 N–H and O–H groups in total. The standard InChI is InChI=1S/C13H31N3.C8H19N/c1-4-6-7-9-15-10-8-12-16(5-2)13-11-14-3;1-4-8(5-2)6-7-9-3/h14-15H,4-13H2,1-3H3;8-9H,4-7H2,1-3H3. The maximum atomic E-state index is 3.51. The maximum absolute atomic E-state index is 3.51. The Balaban J connectivity index is 0. The summed E-state index contributed by atoms with van der Waals surface area (Å²) in [5.41, 5.74) is 0. The molecule has 0 aromatic carbocycles. The number of rotatable bonds is 17. The Morgan fingerprint density at radius 2 is 1.36 bits per heavy atom. The van der Waals surface area contributed by atoms with Crippen molar-refractivity contribution in [3.8, 4) is 0 Å². The van der Waals surface area contributed by atoms with Gasteiger partial charge in [-0.15, -0.1) is 0 Å². The van der Waals surface area contributed by atoms with Crippen LogP contribution in [0.3, 0.4) is 0 Å². The molecule has 0 bridgehead atoms. The van der Waals surface area contributed by atoms with E-state index in [-0.39, 0.29) is 0 Å². The molecule has 0 saturated carbocycles. The monoisotopic (exact) mass is 358 g/mol. The number of nitrogens with zero attached hydrogens (tertiary/aromatic N) is 1. The number of hydrogen-bond acceptors (Lipinski definition) is 4. The van der Waals surface area contributed by atoms with Crippen molar-refractivity contribution in [3.05, 3.63) is 0 Å². The summed E-state index contributed by atoms with van der Waals surface area (Å²) in [6.07, 6.45) is 9.27. The summed E-state index contributed by atoms with van der Waals surface area (Å²) in [6, 6.07) is 0. The summed E-state index contributed by atoms with van der Waals surface area (Å²) in [5.74, 6) is 0.942. The highest BCUT2D eigenvalue weighted by Crippen LogP contribution is 2.10. The third-order valence-corrected chi connectivity index (χ3v) is 4.87. The molecule has 154 valence electrons. The average molecular weight is 359 g/mol. The highest BCUT2D eigenvalue weighted by atomic mass is 15.1. The second-order valence-corrected chi connectivity index (χ2v) is 6.92. The van der Waals surface area contributed by atoms with E-state index in [1.165, 1.54) is 77.7 Å². The minimum atomic E-state index is 0.942. The van der Waals surface area contributed by atoms with Crippen LogP contribution in [0.5, 0.6) is 0 Å². The Kier molecular flexibility index (Phi) is 25.8. The van der Waals surface area contributed by atoms with Gasteiger partial charge < -0.3 is 20.9 Å². The van der Waals surface area contributed by atoms with Gasteiger partial charge in [-0.3, -0.25) is 0 Å². The normalized spacial score (nSPS) is 11.0. The van der Waals surface area contributed by atoms with Crippen LogP contribution in [0.4, 0.5) is 0 Å². The SMILES string of the molecule is CCC(CC)CCNC.CCCCCNCCCN(CC)CCNC. The Morgan fingerprint density at radius 3 is 1.88 bits per heavy atom. The Hall–Kier alpha value is -0.160. The summed E-state index contributed by atoms with van der Waals surface area (Å²) in [7, 11) is 4.03. The van der Waals surface area contributed by atoms with E-state index in [1.807, 2.05) is 14.1 Å². The molecule has 0 spiro atoms. The topological polar surface area (TPSA) is 39.3 Å². The van der Waals surface area contributed by atoms with Crippen LogP contribution in [-0.4, -0.2) is 64.8 Å². The Bertz CT molecular complexity index is 220. The summed E-state index contributed by atoms with van der Waals surface area (Å²) >= 11 is 0. The van der Waals surface area contributed by atoms with Gasteiger partial charge in [-0.2, -0.15) is 0 Å². The molecular weight excluding hydrogens is 308 g/mol. The molecule has 4 heteroatoms. The second kappa shape index (κ2) is 23.8. The first-order valence-corrected chi connectivity index (χ1v) is 10.9. The molecular formula is C21H50N4. The number of unbranched alkanes of at least 4 members (excludes halogenated alkanes) is 2. The first kappa shape index (κ1) is 27.1. The van der Waals surface area contributed by atoms with Crippen molar-refractivity contribution in [1.82, 2.24) is 20.9 Å². The summed E-state index contributed by atoms with van der Waals surface area (Å²) in [5, 5.41) is 9.88. The van der Waals surface area contributed by atoms with Gasteiger partial charge in [0.25, 0.3) is 0 Å². The van der Waals surface area contributed by atoms with Gasteiger partial charge in [0, 0.05) is 13.1 Å². The zero-order valence-electron chi connectivity index (χ0n) is 18.4. The first-order valence-electron chi connectivity index (χ1n) is 10.9. The van der Waals surface area contributed by atoms with Crippen molar-refractivity contribution in [1.29, 1.82) is 0 Å². The lowest BCUT2D eigenvalue weighted by Gasteiger charge is -2.20. The third kappa shape index (κ3) is 21.8. The lowest BCUT2D eigenvalue weighted by molar-refractivity contribution is 0.284. The molecule has 0 aromatic rings. The molecule has 0 aromatic heterocycles. The van der Waals surface area contributed by atoms with Crippen LogP contribution in [0.2, 0.25) is 0 Å². The fourth-order valence-corrected chi connectivity index (χ4v) is 2.80. The minimum absolute atomic E-state index is 0.942. The molecule has 0 fully saturated rings. The predicted molar refractivity (Wildman–Crippen MR) is 116 cm³/mol. The van der Waals surface area contributed by atoms with Gasteiger partial charge in [-0.05, 0) is 72.0 Å². The zero-order chi connectivity index (χ0) is 19.2. The van der Waals surface area contributed by atoms with E-state index in [0.717, 1.165) is 19.0 Å². The minimum Gasteiger partial charge on any atom is -0.320 e. The van der Waals surface area contributed by atoms with Crippen LogP contribution in [0.1, 0.15) is 72.6 Å². The number of likely N-dealkylation sites (N-methyl/N-ethyl adjacent to an activating group) is 2. The smallest absolute Gasteiger partial charge is 0.0107 e. The van der Waals surface area contributed by atoms with Crippen molar-refractivity contribution in [2.45, 2.75) is 72.6 Å². The number of hydrogen-bond donors (Lipinski definition) is 3. The Labute approximate surface area is 159 Å². The van der Waals surface area contributed by atoms with Crippen LogP contribution < -0.4 is 16.0 Å². The molecule has 0 radical (unpaired) electrons. The van der Waals surface area contributed by atoms with E-state index < -0.39 is 0 Å². The van der Waals surface area contributed by atoms with Gasteiger partial charge in [0.05, 0.1) is 0 Å². The van der Waals surface area contributed by atoms with E-state index in [1.54, 1.807) is 0 Å². The molecule has 4 nitrogen and oxygen atoms in total. The maximum Gasteiger partial charge on any atom is 0.0107 e. The van der Waals surface area contributed by atoms with Gasteiger partial charge in [-0.25, -0.2) is 0 Å². The van der Waals surface area contributed by atoms with E-state index >= 15 is 0 Å². The largest absolute Gasteiger partial charge is 0.320 e. The van der Waals surface area contributed by atoms with Crippen molar-refractivity contribution >= 4 is 0 Å². The molecule has 0 heterocycles. The summed E-state index contributed by atoms with van der Waals surface area (Å²) < 4.78 is 0. The first-order chi connectivity index (χ1) is 12.2. The summed E-state index contributed by atoms with van der Waals surface area (Å²) in [6.45, 7) is 17.2. The fourth-order valence-electron chi connectivity index (χ4n) is 2.80. The fraction of sp³-hybridized carbons (Fsp3) is 1.00. The van der Waals surface area contributed by atoms with Gasteiger partial charge in [0.2, 0.25) is 0 Å². The van der Waals surface area contributed by atoms with Gasteiger partial charge in [0.1, 0.15) is 0 Å². The van der Waals surface area contributed by atoms with Crippen LogP contribution in [0.25, 0.3) is 0 Å². The van der Waals surface area contributed by atoms with Crippen LogP contribution in [-0.2, 0) is 0 Å². The lowest BCUT2D eigenvalue weighted by atomic mass is 10.00. The predicted octanol–water partition coefficient (Wildman–Crippen LogP) is 3.73. The van der Waals surface area contributed by atoms with Crippen LogP contribution in [0, 0.1) is 5.92 Å². The molecule has 0 unspecified atom stereocenters. The van der Waals surface area contributed by atoms with Crippen LogP contribution >= 0.6 is 0 Å². The average Bonchev–Trinajstić information content (AvgIpc) is 2.65. The zero-order valence-corrected chi connectivity index (χ0v) is 18.4. The van der Waals surface area contributed by atoms with Gasteiger partial charge in [0.15, 0.2) is 0 Å². The van der Waals surface area contributed by atoms with E-state index in [0.29, 0.717) is 0 Å². The highest BCUT2D eigenvalue weighted by molar-refractivity contribution is 4.58. The van der Waals surface area contributed by atoms with Crippen molar-refractivity contribution in [3.63, 3.8) is 0 Å². The quantitative estimate of drug-likeness (QED) is 0.347. The molecule has 0 aliphatic heterocycles. The molecule has 0 amide bonds. The molecule has 0 atom stereocenters. The molecule has 25 heavy (non-hydrogen) atoms. The van der Waals surface area contributed by atoms with Crippen molar-refractivity contribution in [2.75, 3.05) is 59.9 Å². The lowest BCUT2D eigenvalue weighted by Crippen LogP contribution is -2.33. The van der Waals surface area contributed by atoms with Crippen molar-refractivity contribution in [2.24, 2.45) is 5.92 Å². The second-order valence-electron chi connectivity index (χ2n) is 6.92. The van der Waals surface area contributed by atoms with E-state index in [4.69, 9.17) is 0 Å². The highest BCUT2D eigenvalue weighted by Gasteiger charge is 2.00. The van der Waals surface area contributed by atoms with Crippen LogP contribution in [0.15, 0.2) is 0 Å². The van der Waals surface area contributed by atoms with Gasteiger partial charge in [-0.1, -0.05) is 53.4 Å². The number of nitrogens with one attached hydrogen (secondary N) is 3.